The Labute approximate surface area is 147 Å². The lowest BCUT2D eigenvalue weighted by atomic mass is 10.2. The van der Waals surface area contributed by atoms with Gasteiger partial charge < -0.3 is 18.8 Å². The minimum Gasteiger partial charge on any atom is -0.496 e. The maximum Gasteiger partial charge on any atom is 0.235 e. The average Bonchev–Trinajstić information content (AvgIpc) is 3.03. The summed E-state index contributed by atoms with van der Waals surface area (Å²) in [5.41, 5.74) is 1.21. The van der Waals surface area contributed by atoms with Gasteiger partial charge in [-0.05, 0) is 26.0 Å². The van der Waals surface area contributed by atoms with Gasteiger partial charge in [-0.15, -0.1) is 0 Å². The van der Waals surface area contributed by atoms with Crippen molar-refractivity contribution in [3.05, 3.63) is 41.4 Å². The quantitative estimate of drug-likeness (QED) is 0.851. The molecule has 3 rings (SSSR count). The van der Waals surface area contributed by atoms with Crippen molar-refractivity contribution in [1.82, 2.24) is 4.98 Å². The number of hydrogen-bond acceptors (Lipinski definition) is 6. The van der Waals surface area contributed by atoms with Crippen molar-refractivity contribution in [2.24, 2.45) is 0 Å². The van der Waals surface area contributed by atoms with Crippen molar-refractivity contribution < 1.29 is 13.9 Å². The molecule has 1 aromatic carbocycles. The van der Waals surface area contributed by atoms with Gasteiger partial charge in [0.25, 0.3) is 0 Å². The fraction of sp³-hybridized carbons (Fsp3) is 0.368. The van der Waals surface area contributed by atoms with E-state index in [1.54, 1.807) is 13.2 Å². The molecule has 0 unspecified atom stereocenters. The van der Waals surface area contributed by atoms with Gasteiger partial charge in [0.15, 0.2) is 0 Å². The summed E-state index contributed by atoms with van der Waals surface area (Å²) in [7, 11) is 1.63. The van der Waals surface area contributed by atoms with Crippen molar-refractivity contribution in [1.29, 1.82) is 5.26 Å². The van der Waals surface area contributed by atoms with Crippen LogP contribution in [0.3, 0.4) is 0 Å². The molecular formula is C19H21N3O3. The predicted molar refractivity (Wildman–Crippen MR) is 95.4 cm³/mol. The standard InChI is InChI=1S/C19H21N3O3/c1-13-11-22(12-14(2)24-13)19-16(10-20)21-18(25-19)9-8-15-6-4-5-7-17(15)23-3/h4-9,13-14H,11-12H2,1-3H3/b9-8+/t13-,14+. The number of anilines is 1. The summed E-state index contributed by atoms with van der Waals surface area (Å²) < 4.78 is 16.9. The second-order valence-electron chi connectivity index (χ2n) is 6.06. The lowest BCUT2D eigenvalue weighted by Gasteiger charge is -2.34. The molecule has 0 bridgehead atoms. The van der Waals surface area contributed by atoms with Gasteiger partial charge >= 0.3 is 0 Å². The van der Waals surface area contributed by atoms with E-state index in [1.165, 1.54) is 0 Å². The van der Waals surface area contributed by atoms with Crippen LogP contribution in [0.15, 0.2) is 28.7 Å². The molecule has 1 aliphatic rings. The van der Waals surface area contributed by atoms with E-state index in [-0.39, 0.29) is 12.2 Å². The van der Waals surface area contributed by atoms with Gasteiger partial charge in [0, 0.05) is 24.7 Å². The number of benzene rings is 1. The van der Waals surface area contributed by atoms with Crippen molar-refractivity contribution in [3.8, 4) is 11.8 Å². The van der Waals surface area contributed by atoms with Gasteiger partial charge in [0.1, 0.15) is 11.8 Å². The van der Waals surface area contributed by atoms with Crippen LogP contribution in [0.5, 0.6) is 5.75 Å². The first-order valence-corrected chi connectivity index (χ1v) is 8.23. The highest BCUT2D eigenvalue weighted by Crippen LogP contribution is 2.27. The minimum atomic E-state index is 0.0768. The van der Waals surface area contributed by atoms with Crippen LogP contribution in [0.4, 0.5) is 5.88 Å². The molecule has 2 heterocycles. The molecule has 130 valence electrons. The Kier molecular flexibility index (Phi) is 5.05. The van der Waals surface area contributed by atoms with Gasteiger partial charge in [0.2, 0.25) is 17.5 Å². The van der Waals surface area contributed by atoms with E-state index < -0.39 is 0 Å². The summed E-state index contributed by atoms with van der Waals surface area (Å²) in [6.45, 7) is 5.36. The lowest BCUT2D eigenvalue weighted by molar-refractivity contribution is -0.00642. The van der Waals surface area contributed by atoms with Crippen LogP contribution < -0.4 is 9.64 Å². The Morgan fingerprint density at radius 2 is 1.96 bits per heavy atom. The largest absolute Gasteiger partial charge is 0.496 e. The molecule has 2 atom stereocenters. The normalized spacial score (nSPS) is 20.6. The maximum atomic E-state index is 9.39. The highest BCUT2D eigenvalue weighted by Gasteiger charge is 2.27. The zero-order chi connectivity index (χ0) is 17.8. The topological polar surface area (TPSA) is 71.5 Å². The number of aromatic nitrogens is 1. The fourth-order valence-corrected chi connectivity index (χ4v) is 3.00. The number of rotatable bonds is 4. The summed E-state index contributed by atoms with van der Waals surface area (Å²) in [6, 6.07) is 9.79. The van der Waals surface area contributed by atoms with Gasteiger partial charge in [-0.2, -0.15) is 10.2 Å². The molecule has 0 spiro atoms. The zero-order valence-electron chi connectivity index (χ0n) is 14.6. The summed E-state index contributed by atoms with van der Waals surface area (Å²) in [5.74, 6) is 1.66. The molecule has 0 amide bonds. The van der Waals surface area contributed by atoms with Crippen LogP contribution in [-0.4, -0.2) is 37.4 Å². The SMILES string of the molecule is COc1ccccc1/C=C/c1nc(C#N)c(N2C[C@@H](C)O[C@@H](C)C2)o1. The van der Waals surface area contributed by atoms with Crippen LogP contribution in [0.1, 0.15) is 31.0 Å². The Morgan fingerprint density at radius 3 is 2.64 bits per heavy atom. The van der Waals surface area contributed by atoms with Gasteiger partial charge in [0.05, 0.1) is 19.3 Å². The Balaban J connectivity index is 1.86. The van der Waals surface area contributed by atoms with E-state index in [1.807, 2.05) is 49.1 Å². The maximum absolute atomic E-state index is 9.39. The molecule has 25 heavy (non-hydrogen) atoms. The zero-order valence-corrected chi connectivity index (χ0v) is 14.6. The molecule has 0 radical (unpaired) electrons. The van der Waals surface area contributed by atoms with Crippen LogP contribution in [-0.2, 0) is 4.74 Å². The van der Waals surface area contributed by atoms with Crippen LogP contribution in [0, 0.1) is 11.3 Å². The van der Waals surface area contributed by atoms with E-state index in [0.29, 0.717) is 30.6 Å². The molecule has 0 saturated carbocycles. The van der Waals surface area contributed by atoms with Gasteiger partial charge in [-0.3, -0.25) is 0 Å². The number of methoxy groups -OCH3 is 1. The highest BCUT2D eigenvalue weighted by molar-refractivity contribution is 5.70. The molecule has 1 saturated heterocycles. The molecule has 1 aliphatic heterocycles. The third kappa shape index (κ3) is 3.83. The number of para-hydroxylation sites is 1. The highest BCUT2D eigenvalue weighted by atomic mass is 16.5. The molecule has 0 N–H and O–H groups in total. The average molecular weight is 339 g/mol. The van der Waals surface area contributed by atoms with E-state index in [4.69, 9.17) is 13.9 Å². The van der Waals surface area contributed by atoms with Crippen molar-refractivity contribution in [3.63, 3.8) is 0 Å². The summed E-state index contributed by atoms with van der Waals surface area (Å²) in [4.78, 5) is 6.31. The first kappa shape index (κ1) is 17.1. The van der Waals surface area contributed by atoms with Crippen molar-refractivity contribution in [2.45, 2.75) is 26.1 Å². The number of ether oxygens (including phenoxy) is 2. The third-order valence-corrected chi connectivity index (χ3v) is 3.98. The predicted octanol–water partition coefficient (Wildman–Crippen LogP) is 3.34. The Hall–Kier alpha value is -2.78. The summed E-state index contributed by atoms with van der Waals surface area (Å²) in [5, 5.41) is 9.39. The number of hydrogen-bond donors (Lipinski definition) is 0. The molecule has 1 aromatic heterocycles. The van der Waals surface area contributed by atoms with Crippen LogP contribution in [0.2, 0.25) is 0 Å². The number of nitriles is 1. The summed E-state index contributed by atoms with van der Waals surface area (Å²) >= 11 is 0. The minimum absolute atomic E-state index is 0.0768. The molecule has 2 aromatic rings. The molecule has 6 nitrogen and oxygen atoms in total. The van der Waals surface area contributed by atoms with Crippen molar-refractivity contribution >= 4 is 18.0 Å². The Morgan fingerprint density at radius 1 is 1.24 bits per heavy atom. The van der Waals surface area contributed by atoms with Crippen molar-refractivity contribution in [2.75, 3.05) is 25.1 Å². The van der Waals surface area contributed by atoms with E-state index in [0.717, 1.165) is 11.3 Å². The van der Waals surface area contributed by atoms with E-state index in [9.17, 15) is 5.26 Å². The third-order valence-electron chi connectivity index (χ3n) is 3.98. The second-order valence-corrected chi connectivity index (χ2v) is 6.06. The van der Waals surface area contributed by atoms with Crippen LogP contribution in [0.25, 0.3) is 12.2 Å². The lowest BCUT2D eigenvalue weighted by Crippen LogP contribution is -2.45. The first-order valence-electron chi connectivity index (χ1n) is 8.23. The Bertz CT molecular complexity index is 796. The summed E-state index contributed by atoms with van der Waals surface area (Å²) in [6.07, 6.45) is 3.76. The monoisotopic (exact) mass is 339 g/mol. The molecule has 0 aliphatic carbocycles. The smallest absolute Gasteiger partial charge is 0.235 e. The number of oxazole rings is 1. The first-order chi connectivity index (χ1) is 12.1. The van der Waals surface area contributed by atoms with Gasteiger partial charge in [-0.1, -0.05) is 18.2 Å². The van der Waals surface area contributed by atoms with E-state index in [2.05, 4.69) is 11.1 Å². The van der Waals surface area contributed by atoms with Gasteiger partial charge in [-0.25, -0.2) is 0 Å². The molecular weight excluding hydrogens is 318 g/mol. The molecule has 1 fully saturated rings. The second kappa shape index (κ2) is 7.41. The fourth-order valence-electron chi connectivity index (χ4n) is 3.00. The van der Waals surface area contributed by atoms with E-state index >= 15 is 0 Å². The number of morpholine rings is 1. The number of nitrogens with zero attached hydrogens (tertiary/aromatic N) is 3. The van der Waals surface area contributed by atoms with Crippen LogP contribution >= 0.6 is 0 Å². The molecule has 6 heteroatoms.